The highest BCUT2D eigenvalue weighted by Crippen LogP contribution is 2.34. The summed E-state index contributed by atoms with van der Waals surface area (Å²) in [5, 5.41) is 0. The number of carbonyl (C=O) groups is 1. The van der Waals surface area contributed by atoms with Gasteiger partial charge in [-0.1, -0.05) is 12.1 Å². The number of cyclic esters (lactones) is 1. The topological polar surface area (TPSA) is 73.3 Å². The van der Waals surface area contributed by atoms with Crippen molar-refractivity contribution in [2.45, 2.75) is 11.8 Å². The van der Waals surface area contributed by atoms with E-state index in [-0.39, 0.29) is 11.5 Å². The van der Waals surface area contributed by atoms with Gasteiger partial charge in [-0.05, 0) is 30.7 Å². The highest BCUT2D eigenvalue weighted by Gasteiger charge is 2.29. The molecule has 7 heteroatoms. The Morgan fingerprint density at radius 3 is 2.62 bits per heavy atom. The van der Waals surface area contributed by atoms with Crippen molar-refractivity contribution in [3.05, 3.63) is 59.2 Å². The minimum absolute atomic E-state index is 0.000161. The molecule has 0 amide bonds. The monoisotopic (exact) mass is 347 g/mol. The summed E-state index contributed by atoms with van der Waals surface area (Å²) in [6.07, 6.45) is 2.55. The van der Waals surface area contributed by atoms with Crippen LogP contribution in [-0.2, 0) is 19.4 Å². The van der Waals surface area contributed by atoms with Crippen LogP contribution in [0.3, 0.4) is 0 Å². The van der Waals surface area contributed by atoms with Gasteiger partial charge in [-0.2, -0.15) is 0 Å². The second-order valence-electron chi connectivity index (χ2n) is 5.48. The van der Waals surface area contributed by atoms with Crippen LogP contribution in [0.5, 0.6) is 0 Å². The van der Waals surface area contributed by atoms with Gasteiger partial charge in [0.25, 0.3) is 0 Å². The van der Waals surface area contributed by atoms with Crippen LogP contribution < -0.4 is 0 Å². The maximum absolute atomic E-state index is 14.2. The second-order valence-corrected chi connectivity index (χ2v) is 7.47. The van der Waals surface area contributed by atoms with Crippen LogP contribution in [0.1, 0.15) is 16.8 Å². The van der Waals surface area contributed by atoms with Gasteiger partial charge in [0, 0.05) is 29.3 Å². The van der Waals surface area contributed by atoms with Crippen LogP contribution in [0.2, 0.25) is 0 Å². The molecule has 0 spiro atoms. The summed E-state index contributed by atoms with van der Waals surface area (Å²) >= 11 is 0. The van der Waals surface area contributed by atoms with Gasteiger partial charge in [0.1, 0.15) is 17.3 Å². The number of hydrogen-bond acceptors (Lipinski definition) is 5. The number of rotatable bonds is 3. The Kier molecular flexibility index (Phi) is 3.96. The number of benzene rings is 1. The Balaban J connectivity index is 2.18. The molecular weight excluding hydrogens is 333 g/mol. The fourth-order valence-electron chi connectivity index (χ4n) is 2.64. The van der Waals surface area contributed by atoms with E-state index in [0.717, 1.165) is 12.3 Å². The van der Waals surface area contributed by atoms with E-state index in [2.05, 4.69) is 4.98 Å². The molecule has 0 saturated heterocycles. The van der Waals surface area contributed by atoms with Crippen molar-refractivity contribution in [1.29, 1.82) is 0 Å². The zero-order chi connectivity index (χ0) is 17.5. The summed E-state index contributed by atoms with van der Waals surface area (Å²) < 4.78 is 42.3. The van der Waals surface area contributed by atoms with Crippen LogP contribution in [0.4, 0.5) is 4.39 Å². The number of esters is 1. The zero-order valence-corrected chi connectivity index (χ0v) is 13.9. The van der Waals surface area contributed by atoms with Gasteiger partial charge in [-0.3, -0.25) is 4.98 Å². The maximum atomic E-state index is 14.2. The average Bonchev–Trinajstić information content (AvgIpc) is 2.88. The number of aryl methyl sites for hydroxylation is 1. The fraction of sp³-hybridized carbons (Fsp3) is 0.176. The number of carbonyl (C=O) groups excluding carboxylic acids is 1. The van der Waals surface area contributed by atoms with Crippen molar-refractivity contribution in [2.24, 2.45) is 0 Å². The van der Waals surface area contributed by atoms with Crippen LogP contribution in [-0.4, -0.2) is 32.2 Å². The van der Waals surface area contributed by atoms with Gasteiger partial charge in [-0.15, -0.1) is 0 Å². The van der Waals surface area contributed by atoms with Crippen LogP contribution in [0, 0.1) is 12.7 Å². The molecular formula is C17H14FNO4S. The number of ether oxygens (including phenoxy) is 1. The van der Waals surface area contributed by atoms with Gasteiger partial charge in [0.15, 0.2) is 9.84 Å². The van der Waals surface area contributed by atoms with Crippen molar-refractivity contribution < 1.29 is 22.3 Å². The molecule has 0 saturated carbocycles. The zero-order valence-electron chi connectivity index (χ0n) is 13.0. The standard InChI is InChI=1S/C17H14FNO4S/c1-10-12(4-3-7-19-10)16-13(9-23-17(16)20)11-5-6-15(14(18)8-11)24(2,21)22/h3-8H,9H2,1-2H3. The number of pyridine rings is 1. The van der Waals surface area contributed by atoms with Crippen molar-refractivity contribution in [1.82, 2.24) is 4.98 Å². The molecule has 1 aromatic carbocycles. The molecule has 2 heterocycles. The molecule has 24 heavy (non-hydrogen) atoms. The quantitative estimate of drug-likeness (QED) is 0.797. The minimum atomic E-state index is -3.66. The summed E-state index contributed by atoms with van der Waals surface area (Å²) in [7, 11) is -3.66. The van der Waals surface area contributed by atoms with E-state index < -0.39 is 21.6 Å². The first-order valence-corrected chi connectivity index (χ1v) is 9.00. The Labute approximate surface area is 138 Å². The largest absolute Gasteiger partial charge is 0.457 e. The Bertz CT molecular complexity index is 980. The normalized spacial score (nSPS) is 14.9. The lowest BCUT2D eigenvalue weighted by Gasteiger charge is -2.08. The molecule has 5 nitrogen and oxygen atoms in total. The molecule has 0 fully saturated rings. The molecule has 0 bridgehead atoms. The molecule has 0 unspecified atom stereocenters. The molecule has 0 aliphatic carbocycles. The number of sulfone groups is 1. The van der Waals surface area contributed by atoms with Crippen molar-refractivity contribution in [2.75, 3.05) is 12.9 Å². The summed E-state index contributed by atoms with van der Waals surface area (Å²) in [4.78, 5) is 15.9. The molecule has 2 aromatic rings. The lowest BCUT2D eigenvalue weighted by Crippen LogP contribution is -2.02. The van der Waals surface area contributed by atoms with Crippen LogP contribution >= 0.6 is 0 Å². The first-order valence-electron chi connectivity index (χ1n) is 7.11. The van der Waals surface area contributed by atoms with Crippen LogP contribution in [0.25, 0.3) is 11.1 Å². The number of aromatic nitrogens is 1. The van der Waals surface area contributed by atoms with E-state index in [1.807, 2.05) is 0 Å². The molecule has 124 valence electrons. The number of halogens is 1. The molecule has 3 rings (SSSR count). The molecule has 1 aliphatic heterocycles. The SMILES string of the molecule is Cc1ncccc1C1=C(c2ccc(S(C)(=O)=O)c(F)c2)COC1=O. The van der Waals surface area contributed by atoms with Crippen molar-refractivity contribution in [3.63, 3.8) is 0 Å². The first kappa shape index (κ1) is 16.3. The molecule has 1 aromatic heterocycles. The van der Waals surface area contributed by atoms with Gasteiger partial charge in [0.2, 0.25) is 0 Å². The highest BCUT2D eigenvalue weighted by molar-refractivity contribution is 7.90. The Hall–Kier alpha value is -2.54. The van der Waals surface area contributed by atoms with Gasteiger partial charge >= 0.3 is 5.97 Å². The molecule has 0 radical (unpaired) electrons. The van der Waals surface area contributed by atoms with E-state index in [0.29, 0.717) is 28.0 Å². The minimum Gasteiger partial charge on any atom is -0.457 e. The summed E-state index contributed by atoms with van der Waals surface area (Å²) in [5.74, 6) is -1.36. The van der Waals surface area contributed by atoms with Crippen molar-refractivity contribution in [3.8, 4) is 0 Å². The third-order valence-electron chi connectivity index (χ3n) is 3.81. The third kappa shape index (κ3) is 2.82. The van der Waals surface area contributed by atoms with Gasteiger partial charge in [0.05, 0.1) is 5.57 Å². The molecule has 1 aliphatic rings. The fourth-order valence-corrected chi connectivity index (χ4v) is 3.37. The Morgan fingerprint density at radius 1 is 1.25 bits per heavy atom. The predicted octanol–water partition coefficient (Wildman–Crippen LogP) is 2.40. The molecule has 0 N–H and O–H groups in total. The highest BCUT2D eigenvalue weighted by atomic mass is 32.2. The van der Waals surface area contributed by atoms with E-state index >= 15 is 0 Å². The van der Waals surface area contributed by atoms with E-state index in [1.54, 1.807) is 25.3 Å². The second kappa shape index (κ2) is 5.83. The molecule has 0 atom stereocenters. The van der Waals surface area contributed by atoms with Crippen LogP contribution in [0.15, 0.2) is 41.4 Å². The lowest BCUT2D eigenvalue weighted by molar-refractivity contribution is -0.133. The van der Waals surface area contributed by atoms with E-state index in [9.17, 15) is 17.6 Å². The summed E-state index contributed by atoms with van der Waals surface area (Å²) in [6.45, 7) is 1.76. The van der Waals surface area contributed by atoms with Gasteiger partial charge in [-0.25, -0.2) is 17.6 Å². The lowest BCUT2D eigenvalue weighted by atomic mass is 9.96. The van der Waals surface area contributed by atoms with E-state index in [1.165, 1.54) is 12.1 Å². The summed E-state index contributed by atoms with van der Waals surface area (Å²) in [5.41, 5.74) is 2.51. The smallest absolute Gasteiger partial charge is 0.339 e. The summed E-state index contributed by atoms with van der Waals surface area (Å²) in [6, 6.07) is 7.22. The van der Waals surface area contributed by atoms with Crippen molar-refractivity contribution >= 4 is 27.0 Å². The average molecular weight is 347 g/mol. The first-order chi connectivity index (χ1) is 11.3. The predicted molar refractivity (Wildman–Crippen MR) is 86.3 cm³/mol. The van der Waals surface area contributed by atoms with E-state index in [4.69, 9.17) is 4.74 Å². The number of nitrogens with zero attached hydrogens (tertiary/aromatic N) is 1. The number of hydrogen-bond donors (Lipinski definition) is 0. The third-order valence-corrected chi connectivity index (χ3v) is 4.94. The van der Waals surface area contributed by atoms with Gasteiger partial charge < -0.3 is 4.74 Å². The Morgan fingerprint density at radius 2 is 2.00 bits per heavy atom. The maximum Gasteiger partial charge on any atom is 0.339 e.